The molecular formula is C75H60N2O. The lowest BCUT2D eigenvalue weighted by Gasteiger charge is -2.30. The largest absolute Gasteiger partial charge is 0.456 e. The van der Waals surface area contributed by atoms with Crippen molar-refractivity contribution in [1.82, 2.24) is 0 Å². The van der Waals surface area contributed by atoms with Crippen LogP contribution in [0.25, 0.3) is 76.9 Å². The van der Waals surface area contributed by atoms with Crippen LogP contribution in [0.15, 0.2) is 234 Å². The van der Waals surface area contributed by atoms with Crippen LogP contribution in [0.4, 0.5) is 34.1 Å². The molecule has 0 amide bonds. The van der Waals surface area contributed by atoms with Crippen molar-refractivity contribution in [2.75, 3.05) is 9.80 Å². The number of hydrogen-bond donors (Lipinski definition) is 0. The molecule has 10 aromatic carbocycles. The Bertz CT molecular complexity index is 4220. The summed E-state index contributed by atoms with van der Waals surface area (Å²) in [6, 6.07) is 84.4. The van der Waals surface area contributed by atoms with Gasteiger partial charge in [-0.1, -0.05) is 204 Å². The minimum absolute atomic E-state index is 0.135. The van der Waals surface area contributed by atoms with Gasteiger partial charge in [-0.05, 0) is 166 Å². The quantitative estimate of drug-likeness (QED) is 0.129. The van der Waals surface area contributed by atoms with Crippen LogP contribution in [0, 0.1) is 35.6 Å². The minimum Gasteiger partial charge on any atom is -0.456 e. The Balaban J connectivity index is 0.920. The van der Waals surface area contributed by atoms with Crippen LogP contribution >= 0.6 is 0 Å². The summed E-state index contributed by atoms with van der Waals surface area (Å²) >= 11 is 0. The Kier molecular flexibility index (Phi) is 12.4. The highest BCUT2D eigenvalue weighted by molar-refractivity contribution is 6.14. The zero-order chi connectivity index (χ0) is 52.9. The van der Waals surface area contributed by atoms with Crippen molar-refractivity contribution in [2.24, 2.45) is 11.3 Å². The topological polar surface area (TPSA) is 19.6 Å². The van der Waals surface area contributed by atoms with Crippen LogP contribution in [0.2, 0.25) is 0 Å². The van der Waals surface area contributed by atoms with Gasteiger partial charge in [0.1, 0.15) is 11.2 Å². The monoisotopic (exact) mass is 1000 g/mol. The van der Waals surface area contributed by atoms with Gasteiger partial charge in [-0.15, -0.1) is 0 Å². The first-order valence-electron chi connectivity index (χ1n) is 27.5. The smallest absolute Gasteiger partial charge is 0.136 e. The Hall–Kier alpha value is -9.28. The van der Waals surface area contributed by atoms with E-state index in [1.807, 2.05) is 0 Å². The van der Waals surface area contributed by atoms with Gasteiger partial charge in [0.25, 0.3) is 0 Å². The third-order valence-electron chi connectivity index (χ3n) is 16.0. The summed E-state index contributed by atoms with van der Waals surface area (Å²) < 4.78 is 6.89. The number of furan rings is 1. The predicted octanol–water partition coefficient (Wildman–Crippen LogP) is 21.3. The molecule has 78 heavy (non-hydrogen) atoms. The van der Waals surface area contributed by atoms with Crippen molar-refractivity contribution >= 4 is 88.8 Å². The summed E-state index contributed by atoms with van der Waals surface area (Å²) in [6.45, 7) is 11.5. The molecule has 11 aromatic rings. The summed E-state index contributed by atoms with van der Waals surface area (Å²) in [6.07, 6.45) is 13.4. The van der Waals surface area contributed by atoms with Crippen molar-refractivity contribution < 1.29 is 4.42 Å². The van der Waals surface area contributed by atoms with E-state index in [1.54, 1.807) is 0 Å². The maximum atomic E-state index is 6.89. The molecule has 1 aromatic heterocycles. The first-order valence-corrected chi connectivity index (χ1v) is 27.5. The fourth-order valence-corrected chi connectivity index (χ4v) is 11.7. The zero-order valence-corrected chi connectivity index (χ0v) is 45.0. The van der Waals surface area contributed by atoms with Crippen LogP contribution in [0.5, 0.6) is 0 Å². The van der Waals surface area contributed by atoms with Crippen molar-refractivity contribution in [3.63, 3.8) is 0 Å². The summed E-state index contributed by atoms with van der Waals surface area (Å²) in [5, 5.41) is 6.05. The molecule has 0 saturated heterocycles. The van der Waals surface area contributed by atoms with E-state index in [4.69, 9.17) is 4.42 Å². The molecule has 0 radical (unpaired) electrons. The molecule has 0 atom stereocenters. The molecule has 13 rings (SSSR count). The van der Waals surface area contributed by atoms with Gasteiger partial charge < -0.3 is 14.2 Å². The number of nitrogens with zero attached hydrogens (tertiary/aromatic N) is 2. The Morgan fingerprint density at radius 3 is 1.33 bits per heavy atom. The fourth-order valence-electron chi connectivity index (χ4n) is 11.7. The van der Waals surface area contributed by atoms with E-state index >= 15 is 0 Å². The molecule has 3 nitrogen and oxygen atoms in total. The van der Waals surface area contributed by atoms with Gasteiger partial charge in [-0.2, -0.15) is 0 Å². The molecule has 3 heteroatoms. The molecular weight excluding hydrogens is 945 g/mol. The molecule has 0 bridgehead atoms. The van der Waals surface area contributed by atoms with Gasteiger partial charge in [-0.3, -0.25) is 0 Å². The third kappa shape index (κ3) is 9.23. The van der Waals surface area contributed by atoms with Gasteiger partial charge >= 0.3 is 0 Å². The molecule has 0 fully saturated rings. The molecule has 0 unspecified atom stereocenters. The fraction of sp³-hybridized carbons (Fsp3) is 0.147. The highest BCUT2D eigenvalue weighted by Gasteiger charge is 2.25. The SMILES string of the molecule is CC(C)C1=CC=C(c2ccccc2N(c2c#cc3cc4c(cc3c2)oc2cc3cc(N(c5cccc(-c6ccccc6)c5)c5ccccc5C5=CC=C(C(C)(C)C)CC5)c#cc3cc24)c2cccc(-c3ccccc3)c2)CC1. The van der Waals surface area contributed by atoms with Gasteiger partial charge in [-0.25, -0.2) is 0 Å². The van der Waals surface area contributed by atoms with Crippen LogP contribution in [0.1, 0.15) is 71.4 Å². The van der Waals surface area contributed by atoms with Crippen molar-refractivity contribution in [1.29, 1.82) is 0 Å². The van der Waals surface area contributed by atoms with Gasteiger partial charge in [0.05, 0.1) is 22.7 Å². The first-order chi connectivity index (χ1) is 38.1. The molecule has 376 valence electrons. The number of rotatable bonds is 11. The van der Waals surface area contributed by atoms with E-state index in [-0.39, 0.29) is 5.41 Å². The summed E-state index contributed by atoms with van der Waals surface area (Å²) in [7, 11) is 0. The molecule has 0 N–H and O–H groups in total. The molecule has 0 spiro atoms. The Labute approximate surface area is 459 Å². The van der Waals surface area contributed by atoms with Crippen LogP contribution < -0.4 is 9.80 Å². The van der Waals surface area contributed by atoms with Crippen molar-refractivity contribution in [3.8, 4) is 22.3 Å². The van der Waals surface area contributed by atoms with Crippen LogP contribution in [-0.2, 0) is 0 Å². The average Bonchev–Trinajstić information content (AvgIpc) is 3.84. The lowest BCUT2D eigenvalue weighted by molar-refractivity contribution is 0.482. The average molecular weight is 1010 g/mol. The number of para-hydroxylation sites is 2. The van der Waals surface area contributed by atoms with Crippen LogP contribution in [-0.4, -0.2) is 0 Å². The van der Waals surface area contributed by atoms with E-state index in [0.717, 1.165) is 114 Å². The lowest BCUT2D eigenvalue weighted by atomic mass is 9.79. The molecule has 0 saturated carbocycles. The van der Waals surface area contributed by atoms with Crippen LogP contribution in [0.3, 0.4) is 0 Å². The second-order valence-electron chi connectivity index (χ2n) is 22.3. The van der Waals surface area contributed by atoms with Crippen molar-refractivity contribution in [3.05, 3.63) is 265 Å². The summed E-state index contributed by atoms with van der Waals surface area (Å²) in [5.41, 5.74) is 20.6. The molecule has 2 aliphatic carbocycles. The van der Waals surface area contributed by atoms with E-state index in [2.05, 4.69) is 287 Å². The summed E-state index contributed by atoms with van der Waals surface area (Å²) in [5.74, 6) is 0.532. The highest BCUT2D eigenvalue weighted by atomic mass is 16.3. The van der Waals surface area contributed by atoms with Crippen molar-refractivity contribution in [2.45, 2.75) is 60.3 Å². The van der Waals surface area contributed by atoms with E-state index in [1.165, 1.54) is 44.5 Å². The second-order valence-corrected chi connectivity index (χ2v) is 22.3. The highest BCUT2D eigenvalue weighted by Crippen LogP contribution is 2.46. The van der Waals surface area contributed by atoms with E-state index in [0.29, 0.717) is 5.92 Å². The molecule has 1 heterocycles. The number of benzene rings is 8. The molecule has 2 aliphatic rings. The van der Waals surface area contributed by atoms with E-state index < -0.39 is 0 Å². The number of allylic oxidation sites excluding steroid dienone is 8. The summed E-state index contributed by atoms with van der Waals surface area (Å²) in [4.78, 5) is 4.71. The second kappa shape index (κ2) is 20.0. The normalized spacial score (nSPS) is 13.7. The lowest BCUT2D eigenvalue weighted by Crippen LogP contribution is -2.14. The zero-order valence-electron chi connectivity index (χ0n) is 45.0. The van der Waals surface area contributed by atoms with Gasteiger partial charge in [0, 0.05) is 44.0 Å². The Morgan fingerprint density at radius 1 is 0.423 bits per heavy atom. The number of hydrogen-bond acceptors (Lipinski definition) is 3. The maximum absolute atomic E-state index is 6.89. The standard InChI is InChI=1S/C75H60N2O/c1-50(2)51-30-32-54(33-31-51)67-26-12-14-28-71(67)76(63-24-16-22-56(42-63)52-18-8-6-9-19-52)65-40-36-58-46-69-70-47-59-37-41-66(45-61(59)49-74(70)78-73(69)48-60(58)44-65)77(64-25-17-23-57(43-64)53-20-10-7-11-21-53)72-29-15-13-27-68(72)55-34-38-62(39-35-55)75(3,4)5/h6-30,32,34,38,42-50H,31,33,35,39H2,1-5H3. The van der Waals surface area contributed by atoms with Gasteiger partial charge in [0.15, 0.2) is 0 Å². The number of fused-ring (bicyclic) bond motifs is 5. The minimum atomic E-state index is 0.135. The predicted molar refractivity (Wildman–Crippen MR) is 329 cm³/mol. The number of anilines is 6. The first kappa shape index (κ1) is 48.4. The van der Waals surface area contributed by atoms with E-state index in [9.17, 15) is 0 Å². The Morgan fingerprint density at radius 2 is 0.885 bits per heavy atom. The third-order valence-corrected chi connectivity index (χ3v) is 16.0. The molecule has 0 aliphatic heterocycles. The van der Waals surface area contributed by atoms with Gasteiger partial charge in [0.2, 0.25) is 0 Å². The maximum Gasteiger partial charge on any atom is 0.136 e.